The Balaban J connectivity index is 1.92. The van der Waals surface area contributed by atoms with Crippen molar-refractivity contribution in [1.29, 1.82) is 0 Å². The van der Waals surface area contributed by atoms with E-state index in [-0.39, 0.29) is 18.4 Å². The van der Waals surface area contributed by atoms with Gasteiger partial charge in [0.25, 0.3) is 11.8 Å². The second-order valence-electron chi connectivity index (χ2n) is 5.77. The summed E-state index contributed by atoms with van der Waals surface area (Å²) < 4.78 is 5.60. The molecule has 1 fully saturated rings. The van der Waals surface area contributed by atoms with Gasteiger partial charge in [0.15, 0.2) is 5.60 Å². The molecule has 0 radical (unpaired) electrons. The van der Waals surface area contributed by atoms with E-state index in [9.17, 15) is 9.59 Å². The van der Waals surface area contributed by atoms with Gasteiger partial charge in [-0.2, -0.15) is 0 Å². The Bertz CT molecular complexity index is 756. The second kappa shape index (κ2) is 5.96. The summed E-state index contributed by atoms with van der Waals surface area (Å²) in [5, 5.41) is 4.37. The standard InChI is InChI=1S/C17H19N3O3/c1-17(16(22)18-2)11-20(9-10-23-17)15(21)14-13-6-4-3-5-12(13)7-8-19-14/h3-8H,9-11H2,1-2H3,(H,18,22)/t17-/m0/s1. The van der Waals surface area contributed by atoms with Gasteiger partial charge in [-0.25, -0.2) is 0 Å². The molecule has 1 N–H and O–H groups in total. The van der Waals surface area contributed by atoms with Gasteiger partial charge in [0.05, 0.1) is 13.2 Å². The molecule has 1 aliphatic rings. The number of pyridine rings is 1. The largest absolute Gasteiger partial charge is 0.362 e. The molecule has 6 nitrogen and oxygen atoms in total. The van der Waals surface area contributed by atoms with Crippen LogP contribution in [-0.2, 0) is 9.53 Å². The predicted octanol–water partition coefficient (Wildman–Crippen LogP) is 1.21. The van der Waals surface area contributed by atoms with Gasteiger partial charge in [-0.1, -0.05) is 24.3 Å². The maximum Gasteiger partial charge on any atom is 0.273 e. The van der Waals surface area contributed by atoms with E-state index in [4.69, 9.17) is 4.74 Å². The van der Waals surface area contributed by atoms with Crippen molar-refractivity contribution in [2.45, 2.75) is 12.5 Å². The Hall–Kier alpha value is -2.47. The van der Waals surface area contributed by atoms with E-state index in [1.807, 2.05) is 30.3 Å². The van der Waals surface area contributed by atoms with Crippen molar-refractivity contribution in [2.75, 3.05) is 26.7 Å². The van der Waals surface area contributed by atoms with Crippen molar-refractivity contribution in [3.63, 3.8) is 0 Å². The monoisotopic (exact) mass is 313 g/mol. The molecule has 120 valence electrons. The minimum absolute atomic E-state index is 0.180. The number of amides is 2. The number of nitrogens with zero attached hydrogens (tertiary/aromatic N) is 2. The van der Waals surface area contributed by atoms with E-state index in [2.05, 4.69) is 10.3 Å². The zero-order chi connectivity index (χ0) is 16.4. The third-order valence-electron chi connectivity index (χ3n) is 4.15. The molecule has 2 amide bonds. The fourth-order valence-corrected chi connectivity index (χ4v) is 2.88. The lowest BCUT2D eigenvalue weighted by molar-refractivity contribution is -0.153. The molecule has 2 heterocycles. The summed E-state index contributed by atoms with van der Waals surface area (Å²) in [5.74, 6) is -0.416. The highest BCUT2D eigenvalue weighted by Gasteiger charge is 2.40. The number of nitrogens with one attached hydrogen (secondary N) is 1. The van der Waals surface area contributed by atoms with Gasteiger partial charge >= 0.3 is 0 Å². The topological polar surface area (TPSA) is 71.5 Å². The minimum Gasteiger partial charge on any atom is -0.362 e. The lowest BCUT2D eigenvalue weighted by Gasteiger charge is -2.38. The highest BCUT2D eigenvalue weighted by molar-refractivity contribution is 6.05. The molecule has 1 aliphatic heterocycles. The highest BCUT2D eigenvalue weighted by atomic mass is 16.5. The molecule has 1 aromatic heterocycles. The summed E-state index contributed by atoms with van der Waals surface area (Å²) >= 11 is 0. The van der Waals surface area contributed by atoms with Crippen LogP contribution in [0.4, 0.5) is 0 Å². The van der Waals surface area contributed by atoms with Crippen molar-refractivity contribution >= 4 is 22.6 Å². The number of rotatable bonds is 2. The van der Waals surface area contributed by atoms with Crippen LogP contribution in [0, 0.1) is 0 Å². The molecule has 0 unspecified atom stereocenters. The molecular weight excluding hydrogens is 294 g/mol. The number of benzene rings is 1. The smallest absolute Gasteiger partial charge is 0.273 e. The number of ether oxygens (including phenoxy) is 1. The average Bonchev–Trinajstić information content (AvgIpc) is 2.60. The van der Waals surface area contributed by atoms with Crippen LogP contribution in [0.1, 0.15) is 17.4 Å². The second-order valence-corrected chi connectivity index (χ2v) is 5.77. The van der Waals surface area contributed by atoms with Crippen LogP contribution in [0.25, 0.3) is 10.8 Å². The van der Waals surface area contributed by atoms with Gasteiger partial charge in [-0.05, 0) is 18.4 Å². The Labute approximate surface area is 134 Å². The van der Waals surface area contributed by atoms with Crippen molar-refractivity contribution < 1.29 is 14.3 Å². The summed E-state index contributed by atoms with van der Waals surface area (Å²) in [7, 11) is 1.56. The molecule has 0 spiro atoms. The third-order valence-corrected chi connectivity index (χ3v) is 4.15. The molecule has 6 heteroatoms. The summed E-state index contributed by atoms with van der Waals surface area (Å²) in [4.78, 5) is 30.8. The number of fused-ring (bicyclic) bond motifs is 1. The predicted molar refractivity (Wildman–Crippen MR) is 86.1 cm³/mol. The van der Waals surface area contributed by atoms with Gasteiger partial charge < -0.3 is 15.0 Å². The van der Waals surface area contributed by atoms with Crippen LogP contribution < -0.4 is 5.32 Å². The van der Waals surface area contributed by atoms with Crippen LogP contribution in [-0.4, -0.2) is 54.0 Å². The molecule has 3 rings (SSSR count). The number of hydrogen-bond acceptors (Lipinski definition) is 4. The van der Waals surface area contributed by atoms with Gasteiger partial charge in [0.1, 0.15) is 5.69 Å². The van der Waals surface area contributed by atoms with Crippen LogP contribution in [0.5, 0.6) is 0 Å². The molecule has 1 atom stereocenters. The summed E-state index contributed by atoms with van der Waals surface area (Å²) in [6.45, 7) is 2.66. The molecule has 0 saturated carbocycles. The van der Waals surface area contributed by atoms with Crippen molar-refractivity contribution in [1.82, 2.24) is 15.2 Å². The summed E-state index contributed by atoms with van der Waals surface area (Å²) in [6, 6.07) is 9.51. The van der Waals surface area contributed by atoms with E-state index in [0.717, 1.165) is 10.8 Å². The van der Waals surface area contributed by atoms with Crippen LogP contribution in [0.2, 0.25) is 0 Å². The molecule has 1 aromatic carbocycles. The number of carbonyl (C=O) groups is 2. The molecule has 0 bridgehead atoms. The zero-order valence-corrected chi connectivity index (χ0v) is 13.2. The van der Waals surface area contributed by atoms with E-state index >= 15 is 0 Å². The Morgan fingerprint density at radius 2 is 2.09 bits per heavy atom. The fraction of sp³-hybridized carbons (Fsp3) is 0.353. The van der Waals surface area contributed by atoms with Crippen molar-refractivity contribution in [2.24, 2.45) is 0 Å². The first-order valence-corrected chi connectivity index (χ1v) is 7.54. The van der Waals surface area contributed by atoms with Gasteiger partial charge in [0.2, 0.25) is 0 Å². The number of carbonyl (C=O) groups excluding carboxylic acids is 2. The average molecular weight is 313 g/mol. The molecule has 2 aromatic rings. The third kappa shape index (κ3) is 2.77. The Kier molecular flexibility index (Phi) is 4.00. The molecule has 1 saturated heterocycles. The maximum atomic E-state index is 12.9. The van der Waals surface area contributed by atoms with Gasteiger partial charge in [-0.15, -0.1) is 0 Å². The van der Waals surface area contributed by atoms with Crippen LogP contribution in [0.15, 0.2) is 36.5 Å². The normalized spacial score (nSPS) is 21.2. The fourth-order valence-electron chi connectivity index (χ4n) is 2.88. The number of likely N-dealkylation sites (N-methyl/N-ethyl adjacent to an activating group) is 1. The summed E-state index contributed by atoms with van der Waals surface area (Å²) in [5.41, 5.74) is -0.628. The van der Waals surface area contributed by atoms with Gasteiger partial charge in [0, 0.05) is 25.2 Å². The number of morpholine rings is 1. The van der Waals surface area contributed by atoms with Crippen LogP contribution >= 0.6 is 0 Å². The quantitative estimate of drug-likeness (QED) is 0.905. The lowest BCUT2D eigenvalue weighted by atomic mass is 10.0. The Morgan fingerprint density at radius 3 is 2.87 bits per heavy atom. The first-order chi connectivity index (χ1) is 11.0. The van der Waals surface area contributed by atoms with E-state index < -0.39 is 5.60 Å². The number of hydrogen-bond donors (Lipinski definition) is 1. The number of aromatic nitrogens is 1. The van der Waals surface area contributed by atoms with E-state index in [1.54, 1.807) is 25.1 Å². The van der Waals surface area contributed by atoms with Crippen LogP contribution in [0.3, 0.4) is 0 Å². The van der Waals surface area contributed by atoms with Crippen molar-refractivity contribution in [3.8, 4) is 0 Å². The first kappa shape index (κ1) is 15.4. The maximum absolute atomic E-state index is 12.9. The van der Waals surface area contributed by atoms with E-state index in [1.165, 1.54) is 0 Å². The first-order valence-electron chi connectivity index (χ1n) is 7.54. The lowest BCUT2D eigenvalue weighted by Crippen LogP contribution is -2.58. The molecular formula is C17H19N3O3. The molecule has 23 heavy (non-hydrogen) atoms. The van der Waals surface area contributed by atoms with Crippen molar-refractivity contribution in [3.05, 3.63) is 42.2 Å². The highest BCUT2D eigenvalue weighted by Crippen LogP contribution is 2.22. The van der Waals surface area contributed by atoms with E-state index in [0.29, 0.717) is 18.8 Å². The zero-order valence-electron chi connectivity index (χ0n) is 13.2. The van der Waals surface area contributed by atoms with Gasteiger partial charge in [-0.3, -0.25) is 14.6 Å². The minimum atomic E-state index is -1.03. The molecule has 0 aliphatic carbocycles. The Morgan fingerprint density at radius 1 is 1.30 bits per heavy atom. The summed E-state index contributed by atoms with van der Waals surface area (Å²) in [6.07, 6.45) is 1.63. The SMILES string of the molecule is CNC(=O)[C@]1(C)CN(C(=O)c2nccc3ccccc23)CCO1.